The summed E-state index contributed by atoms with van der Waals surface area (Å²) in [6, 6.07) is 0. The van der Waals surface area contributed by atoms with Crippen LogP contribution in [-0.2, 0) is 19.7 Å². The van der Waals surface area contributed by atoms with Crippen molar-refractivity contribution in [3.05, 3.63) is 116 Å². The second-order valence-electron chi connectivity index (χ2n) is 19.4. The number of fused-ring (bicyclic) bond motifs is 2. The zero-order valence-corrected chi connectivity index (χ0v) is 39.9. The molecule has 4 saturated carbocycles. The average Bonchev–Trinajstić information content (AvgIpc) is 3.73. The molecule has 6 nitrogen and oxygen atoms in total. The van der Waals surface area contributed by atoms with Crippen LogP contribution in [0.1, 0.15) is 137 Å². The number of aliphatic hydroxyl groups is 2. The first-order valence-electron chi connectivity index (χ1n) is 22.4. The second-order valence-corrected chi connectivity index (χ2v) is 24.2. The molecule has 0 radical (unpaired) electrons. The number of halogens is 1. The van der Waals surface area contributed by atoms with Crippen molar-refractivity contribution in [2.75, 3.05) is 12.5 Å². The minimum atomic E-state index is -3.33. The fourth-order valence-corrected chi connectivity index (χ4v) is 12.1. The van der Waals surface area contributed by atoms with E-state index in [0.29, 0.717) is 35.5 Å². The Morgan fingerprint density at radius 1 is 0.733 bits per heavy atom. The molecule has 0 aromatic rings. The highest BCUT2D eigenvalue weighted by atomic mass is 35.5. The molecule has 0 saturated heterocycles. The molecule has 0 unspecified atom stereocenters. The summed E-state index contributed by atoms with van der Waals surface area (Å²) in [5, 5.41) is 20.0. The van der Waals surface area contributed by atoms with Crippen LogP contribution < -0.4 is 0 Å². The Morgan fingerprint density at radius 3 is 1.55 bits per heavy atom. The van der Waals surface area contributed by atoms with Gasteiger partial charge in [-0.05, 0) is 155 Å². The van der Waals surface area contributed by atoms with Gasteiger partial charge < -0.3 is 10.2 Å². The summed E-state index contributed by atoms with van der Waals surface area (Å²) in [7, 11) is -6.42. The molecule has 6 rings (SSSR count). The van der Waals surface area contributed by atoms with Gasteiger partial charge >= 0.3 is 0 Å². The molecular formula is C51H73ClO6S2. The first-order valence-corrected chi connectivity index (χ1v) is 26.6. The van der Waals surface area contributed by atoms with E-state index < -0.39 is 19.7 Å². The van der Waals surface area contributed by atoms with Gasteiger partial charge in [0.1, 0.15) is 4.36 Å². The number of allylic oxidation sites excluding steroid dienone is 15. The largest absolute Gasteiger partial charge is 0.393 e. The maximum atomic E-state index is 11.7. The molecule has 0 bridgehead atoms. The number of hydrogen-bond donors (Lipinski definition) is 2. The Hall–Kier alpha value is -2.49. The predicted molar refractivity (Wildman–Crippen MR) is 252 cm³/mol. The van der Waals surface area contributed by atoms with E-state index in [2.05, 4.69) is 77.3 Å². The normalized spacial score (nSPS) is 34.2. The molecule has 0 amide bonds. The molecule has 9 heteroatoms. The third-order valence-electron chi connectivity index (χ3n) is 15.0. The highest BCUT2D eigenvalue weighted by Crippen LogP contribution is 2.58. The maximum absolute atomic E-state index is 11.7. The Balaban J connectivity index is 0.000000228. The second kappa shape index (κ2) is 19.9. The third-order valence-corrected chi connectivity index (χ3v) is 18.2. The highest BCUT2D eigenvalue weighted by molar-refractivity contribution is 7.96. The van der Waals surface area contributed by atoms with Crippen LogP contribution in [0.4, 0.5) is 0 Å². The van der Waals surface area contributed by atoms with Gasteiger partial charge in [0.25, 0.3) is 0 Å². The van der Waals surface area contributed by atoms with E-state index in [9.17, 15) is 27.0 Å². The molecular weight excluding hydrogens is 808 g/mol. The maximum Gasteiger partial charge on any atom is 0.185 e. The van der Waals surface area contributed by atoms with Crippen molar-refractivity contribution >= 4 is 31.3 Å². The van der Waals surface area contributed by atoms with Gasteiger partial charge in [-0.2, -0.15) is 0 Å². The molecule has 0 spiro atoms. The lowest BCUT2D eigenvalue weighted by atomic mass is 9.62. The molecule has 332 valence electrons. The van der Waals surface area contributed by atoms with Gasteiger partial charge in [-0.1, -0.05) is 135 Å². The lowest BCUT2D eigenvalue weighted by molar-refractivity contribution is 0.158. The van der Waals surface area contributed by atoms with Crippen molar-refractivity contribution in [3.63, 3.8) is 0 Å². The summed E-state index contributed by atoms with van der Waals surface area (Å²) in [6.45, 7) is 19.3. The first kappa shape index (κ1) is 48.5. The average molecular weight is 882 g/mol. The molecule has 4 fully saturated rings. The minimum Gasteiger partial charge on any atom is -0.393 e. The van der Waals surface area contributed by atoms with Gasteiger partial charge in [-0.3, -0.25) is 0 Å². The monoisotopic (exact) mass is 880 g/mol. The standard InChI is InChI=1S/C26H38O3S.C25H35ClO3S/c1-18-9-13-23(27)17-22(18)12-11-21-7-6-16-26(4)24(14-15-25(21)26)19(2)8-10-20(3)30(5,28)29;1-17-7-11-21(27)16-20(17)10-9-19-6-5-15-25(3)22(12-13-23(19)25)18(2)8-14-24(26)30(4,28)29/h10-12,14,19,23,25,27H,1,6-9,13,15-17H2,2-5H3;9-10,12,14,18,21,23,27H,1,5-8,11,13,15-16H2,2-4H3/b20-10+,21-11+,22-12-;19-9+,20-10-,24-14+/t19-,23+,25+,26-;18-,21+,23+,25-/m11/s1. The molecule has 0 heterocycles. The SMILES string of the molecule is C=C1CC[C@H](O)C/C1=C/C=C1\CCC[C@]2(C)C([C@H](C)C/C=C(\C)S(C)(=O)=O)=CC[C@@H]12.C=C1CC[C@H](O)C/C1=C/C=C1\CCC[C@]2(C)C([C@H](C)C/C=C(\Cl)S(C)(=O)=O)=CC[C@@H]12. The van der Waals surface area contributed by atoms with Gasteiger partial charge in [-0.25, -0.2) is 16.8 Å². The van der Waals surface area contributed by atoms with Gasteiger partial charge in [0.2, 0.25) is 0 Å². The van der Waals surface area contributed by atoms with E-state index >= 15 is 0 Å². The Labute approximate surface area is 368 Å². The van der Waals surface area contributed by atoms with E-state index in [-0.39, 0.29) is 33.3 Å². The lowest BCUT2D eigenvalue weighted by Crippen LogP contribution is -2.32. The van der Waals surface area contributed by atoms with Gasteiger partial charge in [0.05, 0.1) is 12.2 Å². The smallest absolute Gasteiger partial charge is 0.185 e. The Morgan fingerprint density at radius 2 is 1.15 bits per heavy atom. The summed E-state index contributed by atoms with van der Waals surface area (Å²) in [6.07, 6.45) is 34.7. The van der Waals surface area contributed by atoms with Gasteiger partial charge in [-0.15, -0.1) is 0 Å². The summed E-state index contributed by atoms with van der Waals surface area (Å²) in [4.78, 5) is 0.473. The molecule has 6 aliphatic carbocycles. The predicted octanol–water partition coefficient (Wildman–Crippen LogP) is 12.3. The van der Waals surface area contributed by atoms with Crippen LogP contribution in [0.15, 0.2) is 116 Å². The van der Waals surface area contributed by atoms with Crippen molar-refractivity contribution < 1.29 is 27.0 Å². The van der Waals surface area contributed by atoms with Gasteiger partial charge in [0.15, 0.2) is 19.7 Å². The van der Waals surface area contributed by atoms with Crippen LogP contribution in [0.25, 0.3) is 0 Å². The summed E-state index contributed by atoms with van der Waals surface area (Å²) in [5.74, 6) is 1.64. The van der Waals surface area contributed by atoms with Crippen molar-refractivity contribution in [1.82, 2.24) is 0 Å². The molecule has 0 aromatic carbocycles. The summed E-state index contributed by atoms with van der Waals surface area (Å²) < 4.78 is 46.6. The number of rotatable bonds is 10. The Kier molecular flexibility index (Phi) is 16.1. The minimum absolute atomic E-state index is 0.0552. The van der Waals surface area contributed by atoms with Crippen LogP contribution in [-0.4, -0.2) is 51.8 Å². The number of hydrogen-bond acceptors (Lipinski definition) is 6. The lowest BCUT2D eigenvalue weighted by Gasteiger charge is -2.42. The van der Waals surface area contributed by atoms with Crippen LogP contribution in [0.3, 0.4) is 0 Å². The van der Waals surface area contributed by atoms with Crippen molar-refractivity contribution in [2.24, 2.45) is 34.5 Å². The molecule has 0 aromatic heterocycles. The molecule has 60 heavy (non-hydrogen) atoms. The summed E-state index contributed by atoms with van der Waals surface area (Å²) >= 11 is 5.95. The van der Waals surface area contributed by atoms with Gasteiger partial charge in [0, 0.05) is 17.4 Å². The zero-order valence-electron chi connectivity index (χ0n) is 37.5. The number of sulfone groups is 2. The first-order chi connectivity index (χ1) is 28.0. The van der Waals surface area contributed by atoms with Crippen LogP contribution in [0.2, 0.25) is 0 Å². The molecule has 0 aliphatic heterocycles. The van der Waals surface area contributed by atoms with E-state index in [0.717, 1.165) is 88.9 Å². The van der Waals surface area contributed by atoms with E-state index in [1.54, 1.807) is 13.0 Å². The van der Waals surface area contributed by atoms with Crippen LogP contribution in [0.5, 0.6) is 0 Å². The van der Waals surface area contributed by atoms with E-state index in [4.69, 9.17) is 11.6 Å². The van der Waals surface area contributed by atoms with Crippen molar-refractivity contribution in [1.29, 1.82) is 0 Å². The zero-order chi connectivity index (χ0) is 44.2. The Bertz CT molecular complexity index is 1990. The topological polar surface area (TPSA) is 109 Å². The molecule has 8 atom stereocenters. The van der Waals surface area contributed by atoms with Crippen molar-refractivity contribution in [3.8, 4) is 0 Å². The van der Waals surface area contributed by atoms with Crippen molar-refractivity contribution in [2.45, 2.75) is 150 Å². The third kappa shape index (κ3) is 11.5. The fourth-order valence-electron chi connectivity index (χ4n) is 11.2. The van der Waals surface area contributed by atoms with Crippen LogP contribution >= 0.6 is 11.6 Å². The fraction of sp³-hybridized carbons (Fsp3) is 0.608. The quantitative estimate of drug-likeness (QED) is 0.212. The summed E-state index contributed by atoms with van der Waals surface area (Å²) in [5.41, 5.74) is 11.0. The number of aliphatic hydroxyl groups excluding tert-OH is 2. The van der Waals surface area contributed by atoms with E-state index in [1.807, 2.05) is 6.08 Å². The highest BCUT2D eigenvalue weighted by Gasteiger charge is 2.47. The molecule has 2 N–H and O–H groups in total. The molecule has 6 aliphatic rings. The van der Waals surface area contributed by atoms with Crippen LogP contribution in [0, 0.1) is 34.5 Å². The van der Waals surface area contributed by atoms with E-state index in [1.165, 1.54) is 58.1 Å².